The Kier molecular flexibility index (Phi) is 4.93. The number of fused-ring (bicyclic) bond motifs is 5. The molecule has 1 heterocycles. The number of methoxy groups -OCH3 is 2. The van der Waals surface area contributed by atoms with Crippen LogP contribution in [0, 0.1) is 6.92 Å². The summed E-state index contributed by atoms with van der Waals surface area (Å²) in [5, 5.41) is 0. The van der Waals surface area contributed by atoms with Gasteiger partial charge in [0.15, 0.2) is 11.5 Å². The van der Waals surface area contributed by atoms with Crippen LogP contribution in [0.5, 0.6) is 11.5 Å². The van der Waals surface area contributed by atoms with Crippen molar-refractivity contribution >= 4 is 5.91 Å². The molecule has 4 nitrogen and oxygen atoms in total. The molecule has 0 aromatic heterocycles. The molecule has 158 valence electrons. The molecule has 0 radical (unpaired) electrons. The molecule has 2 aliphatic rings. The molecule has 2 atom stereocenters. The third kappa shape index (κ3) is 3.27. The molecule has 1 aliphatic heterocycles. The second kappa shape index (κ2) is 7.77. The number of carbonyl (C=O) groups excluding carboxylic acids is 1. The Bertz CT molecular complexity index is 1140. The van der Waals surface area contributed by atoms with Crippen LogP contribution in [-0.4, -0.2) is 31.1 Å². The van der Waals surface area contributed by atoms with Gasteiger partial charge in [0, 0.05) is 24.1 Å². The number of rotatable bonds is 4. The highest BCUT2D eigenvalue weighted by Gasteiger charge is 2.43. The molecule has 3 aromatic rings. The second-order valence-corrected chi connectivity index (χ2v) is 8.50. The van der Waals surface area contributed by atoms with E-state index in [4.69, 9.17) is 9.47 Å². The molecule has 1 amide bonds. The van der Waals surface area contributed by atoms with Gasteiger partial charge in [-0.3, -0.25) is 4.79 Å². The van der Waals surface area contributed by atoms with Crippen molar-refractivity contribution in [1.29, 1.82) is 0 Å². The standard InChI is InChI=1S/C27H27NO3/c1-17-9-11-20-22(13-17)27(29)28(16-18-7-5-4-6-8-18)23-12-10-19-14-24(30-2)25(31-3)15-21(19)26(20)23/h4-9,11,13-15,23,26H,10,12,16H2,1-3H3/t23-,26-/m0/s1. The van der Waals surface area contributed by atoms with E-state index < -0.39 is 0 Å². The van der Waals surface area contributed by atoms with Gasteiger partial charge in [-0.05, 0) is 60.2 Å². The van der Waals surface area contributed by atoms with Crippen LogP contribution in [0.15, 0.2) is 60.7 Å². The molecule has 0 spiro atoms. The Balaban J connectivity index is 1.67. The fourth-order valence-electron chi connectivity index (χ4n) is 5.23. The number of carbonyl (C=O) groups is 1. The van der Waals surface area contributed by atoms with Crippen LogP contribution < -0.4 is 9.47 Å². The van der Waals surface area contributed by atoms with E-state index in [-0.39, 0.29) is 17.9 Å². The Labute approximate surface area is 183 Å². The number of aryl methyl sites for hydroxylation is 2. The number of hydrogen-bond acceptors (Lipinski definition) is 3. The molecule has 0 unspecified atom stereocenters. The lowest BCUT2D eigenvalue weighted by Crippen LogP contribution is -2.49. The minimum atomic E-state index is 0.119. The van der Waals surface area contributed by atoms with Gasteiger partial charge in [0.05, 0.1) is 14.2 Å². The van der Waals surface area contributed by atoms with Gasteiger partial charge >= 0.3 is 0 Å². The molecule has 0 N–H and O–H groups in total. The summed E-state index contributed by atoms with van der Waals surface area (Å²) in [4.78, 5) is 15.7. The first-order chi connectivity index (χ1) is 15.1. The molecule has 31 heavy (non-hydrogen) atoms. The lowest BCUT2D eigenvalue weighted by atomic mass is 9.71. The Morgan fingerprint density at radius 3 is 2.42 bits per heavy atom. The molecule has 3 aromatic carbocycles. The monoisotopic (exact) mass is 413 g/mol. The van der Waals surface area contributed by atoms with Crippen molar-refractivity contribution < 1.29 is 14.3 Å². The van der Waals surface area contributed by atoms with Gasteiger partial charge < -0.3 is 14.4 Å². The largest absolute Gasteiger partial charge is 0.493 e. The Morgan fingerprint density at radius 2 is 1.68 bits per heavy atom. The summed E-state index contributed by atoms with van der Waals surface area (Å²) < 4.78 is 11.2. The second-order valence-electron chi connectivity index (χ2n) is 8.50. The zero-order valence-electron chi connectivity index (χ0n) is 18.2. The van der Waals surface area contributed by atoms with Crippen LogP contribution in [0.3, 0.4) is 0 Å². The molecular weight excluding hydrogens is 386 g/mol. The van der Waals surface area contributed by atoms with Crippen molar-refractivity contribution in [3.05, 3.63) is 94.0 Å². The maximum Gasteiger partial charge on any atom is 0.254 e. The van der Waals surface area contributed by atoms with Crippen molar-refractivity contribution in [3.8, 4) is 11.5 Å². The smallest absolute Gasteiger partial charge is 0.254 e. The molecule has 0 saturated carbocycles. The van der Waals surface area contributed by atoms with Gasteiger partial charge in [-0.1, -0.05) is 48.0 Å². The third-order valence-electron chi connectivity index (χ3n) is 6.71. The summed E-state index contributed by atoms with van der Waals surface area (Å²) in [7, 11) is 3.35. The summed E-state index contributed by atoms with van der Waals surface area (Å²) in [6, 6.07) is 20.9. The van der Waals surface area contributed by atoms with E-state index in [2.05, 4.69) is 41.3 Å². The fourth-order valence-corrected chi connectivity index (χ4v) is 5.23. The van der Waals surface area contributed by atoms with Crippen molar-refractivity contribution in [2.24, 2.45) is 0 Å². The van der Waals surface area contributed by atoms with Crippen molar-refractivity contribution in [2.45, 2.75) is 38.3 Å². The maximum atomic E-state index is 13.6. The molecule has 0 saturated heterocycles. The third-order valence-corrected chi connectivity index (χ3v) is 6.71. The first kappa shape index (κ1) is 19.7. The highest BCUT2D eigenvalue weighted by atomic mass is 16.5. The van der Waals surface area contributed by atoms with E-state index in [1.807, 2.05) is 31.2 Å². The summed E-state index contributed by atoms with van der Waals surface area (Å²) in [6.07, 6.45) is 1.84. The molecule has 1 aliphatic carbocycles. The van der Waals surface area contributed by atoms with Crippen LogP contribution in [0.25, 0.3) is 0 Å². The fraction of sp³-hybridized carbons (Fsp3) is 0.296. The zero-order valence-corrected chi connectivity index (χ0v) is 18.2. The maximum absolute atomic E-state index is 13.6. The number of hydrogen-bond donors (Lipinski definition) is 0. The lowest BCUT2D eigenvalue weighted by molar-refractivity contribution is 0.0586. The van der Waals surface area contributed by atoms with Crippen LogP contribution in [0.1, 0.15) is 50.5 Å². The highest BCUT2D eigenvalue weighted by Crippen LogP contribution is 2.47. The van der Waals surface area contributed by atoms with Gasteiger partial charge in [0.2, 0.25) is 0 Å². The molecule has 0 bridgehead atoms. The first-order valence-corrected chi connectivity index (χ1v) is 10.8. The topological polar surface area (TPSA) is 38.8 Å². The van der Waals surface area contributed by atoms with E-state index in [1.54, 1.807) is 14.2 Å². The lowest BCUT2D eigenvalue weighted by Gasteiger charge is -2.46. The predicted octanol–water partition coefficient (Wildman–Crippen LogP) is 5.11. The van der Waals surface area contributed by atoms with Gasteiger partial charge in [0.1, 0.15) is 0 Å². The Hall–Kier alpha value is -3.27. The van der Waals surface area contributed by atoms with E-state index in [0.717, 1.165) is 46.6 Å². The van der Waals surface area contributed by atoms with Crippen molar-refractivity contribution in [2.75, 3.05) is 14.2 Å². The van der Waals surface area contributed by atoms with Gasteiger partial charge in [-0.15, -0.1) is 0 Å². The normalized spacial score (nSPS) is 19.3. The highest BCUT2D eigenvalue weighted by molar-refractivity contribution is 5.98. The first-order valence-electron chi connectivity index (χ1n) is 10.8. The van der Waals surface area contributed by atoms with E-state index >= 15 is 0 Å². The Morgan fingerprint density at radius 1 is 0.935 bits per heavy atom. The van der Waals surface area contributed by atoms with Crippen molar-refractivity contribution in [1.82, 2.24) is 4.90 Å². The van der Waals surface area contributed by atoms with Gasteiger partial charge in [0.25, 0.3) is 5.91 Å². The molecular formula is C27H27NO3. The molecule has 5 rings (SSSR count). The minimum Gasteiger partial charge on any atom is -0.493 e. The predicted molar refractivity (Wildman–Crippen MR) is 121 cm³/mol. The van der Waals surface area contributed by atoms with Crippen LogP contribution >= 0.6 is 0 Å². The van der Waals surface area contributed by atoms with Gasteiger partial charge in [-0.2, -0.15) is 0 Å². The van der Waals surface area contributed by atoms with E-state index in [9.17, 15) is 4.79 Å². The van der Waals surface area contributed by atoms with Crippen LogP contribution in [0.4, 0.5) is 0 Å². The van der Waals surface area contributed by atoms with Crippen molar-refractivity contribution in [3.63, 3.8) is 0 Å². The number of benzene rings is 3. The van der Waals surface area contributed by atoms with Crippen LogP contribution in [0.2, 0.25) is 0 Å². The number of nitrogens with zero attached hydrogens (tertiary/aromatic N) is 1. The van der Waals surface area contributed by atoms with E-state index in [0.29, 0.717) is 6.54 Å². The minimum absolute atomic E-state index is 0.119. The quantitative estimate of drug-likeness (QED) is 0.596. The zero-order chi connectivity index (χ0) is 21.5. The van der Waals surface area contributed by atoms with Gasteiger partial charge in [-0.25, -0.2) is 0 Å². The number of amides is 1. The summed E-state index contributed by atoms with van der Waals surface area (Å²) in [5.41, 5.74) is 6.72. The molecule has 0 fully saturated rings. The SMILES string of the molecule is COc1cc2c(cc1OC)[C@@H]1c3ccc(C)cc3C(=O)N(Cc3ccccc3)[C@H]1CC2. The summed E-state index contributed by atoms with van der Waals surface area (Å²) >= 11 is 0. The summed E-state index contributed by atoms with van der Waals surface area (Å²) in [5.74, 6) is 1.76. The average Bonchev–Trinajstić information content (AvgIpc) is 2.81. The number of ether oxygens (including phenoxy) is 2. The average molecular weight is 414 g/mol. The van der Waals surface area contributed by atoms with Crippen LogP contribution in [-0.2, 0) is 13.0 Å². The summed E-state index contributed by atoms with van der Waals surface area (Å²) in [6.45, 7) is 2.67. The molecule has 4 heteroatoms. The van der Waals surface area contributed by atoms with E-state index in [1.165, 1.54) is 11.1 Å².